The number of carbonyl (C=O) groups excluding carboxylic acids is 1. The van der Waals surface area contributed by atoms with E-state index in [1.54, 1.807) is 6.92 Å². The molecule has 1 fully saturated rings. The van der Waals surface area contributed by atoms with Gasteiger partial charge in [-0.25, -0.2) is 4.79 Å². The molecule has 1 aliphatic rings. The smallest absolute Gasteiger partial charge is 0.326 e. The van der Waals surface area contributed by atoms with Gasteiger partial charge in [-0.15, -0.1) is 0 Å². The van der Waals surface area contributed by atoms with Crippen LogP contribution in [-0.2, 0) is 9.59 Å². The number of nitrogens with two attached hydrogens (primary N) is 1. The number of amides is 1. The van der Waals surface area contributed by atoms with Gasteiger partial charge in [-0.2, -0.15) is 0 Å². The van der Waals surface area contributed by atoms with Crippen molar-refractivity contribution in [1.82, 2.24) is 4.90 Å². The highest BCUT2D eigenvalue weighted by atomic mass is 16.4. The maximum Gasteiger partial charge on any atom is 0.326 e. The third-order valence-corrected chi connectivity index (χ3v) is 3.38. The van der Waals surface area contributed by atoms with E-state index in [-0.39, 0.29) is 5.91 Å². The predicted octanol–water partition coefficient (Wildman–Crippen LogP) is 0.579. The van der Waals surface area contributed by atoms with E-state index in [2.05, 4.69) is 0 Å². The molecule has 16 heavy (non-hydrogen) atoms. The van der Waals surface area contributed by atoms with Crippen LogP contribution in [0.2, 0.25) is 0 Å². The Morgan fingerprint density at radius 3 is 2.31 bits per heavy atom. The fourth-order valence-electron chi connectivity index (χ4n) is 2.33. The van der Waals surface area contributed by atoms with E-state index >= 15 is 0 Å². The highest BCUT2D eigenvalue weighted by Crippen LogP contribution is 2.29. The molecule has 0 heterocycles. The summed E-state index contributed by atoms with van der Waals surface area (Å²) in [7, 11) is 1.53. The van der Waals surface area contributed by atoms with Crippen LogP contribution >= 0.6 is 0 Å². The SMILES string of the molecule is CCC(C(=O)O)N(C)C(=O)C1(N)CCCC1. The molecule has 1 unspecified atom stereocenters. The Bertz CT molecular complexity index is 285. The minimum Gasteiger partial charge on any atom is -0.480 e. The van der Waals surface area contributed by atoms with Gasteiger partial charge in [0.2, 0.25) is 5.91 Å². The summed E-state index contributed by atoms with van der Waals surface area (Å²) in [5, 5.41) is 8.98. The summed E-state index contributed by atoms with van der Waals surface area (Å²) in [6, 6.07) is -0.770. The molecule has 3 N–H and O–H groups in total. The first-order valence-electron chi connectivity index (χ1n) is 5.71. The number of hydrogen-bond donors (Lipinski definition) is 2. The summed E-state index contributed by atoms with van der Waals surface area (Å²) >= 11 is 0. The fourth-order valence-corrected chi connectivity index (χ4v) is 2.33. The van der Waals surface area contributed by atoms with Gasteiger partial charge in [0.1, 0.15) is 6.04 Å². The molecule has 5 nitrogen and oxygen atoms in total. The second-order valence-corrected chi connectivity index (χ2v) is 4.54. The Hall–Kier alpha value is -1.10. The molecule has 1 atom stereocenters. The number of aliphatic carboxylic acids is 1. The Labute approximate surface area is 95.6 Å². The fraction of sp³-hybridized carbons (Fsp3) is 0.818. The average molecular weight is 228 g/mol. The summed E-state index contributed by atoms with van der Waals surface area (Å²) in [6.45, 7) is 1.75. The summed E-state index contributed by atoms with van der Waals surface area (Å²) < 4.78 is 0. The van der Waals surface area contributed by atoms with Gasteiger partial charge in [-0.3, -0.25) is 4.79 Å². The normalized spacial score (nSPS) is 20.4. The summed E-state index contributed by atoms with van der Waals surface area (Å²) in [4.78, 5) is 24.4. The maximum absolute atomic E-state index is 12.1. The third kappa shape index (κ3) is 2.35. The van der Waals surface area contributed by atoms with Crippen molar-refractivity contribution in [2.75, 3.05) is 7.05 Å². The van der Waals surface area contributed by atoms with E-state index in [4.69, 9.17) is 10.8 Å². The minimum atomic E-state index is -0.972. The van der Waals surface area contributed by atoms with Gasteiger partial charge in [-0.1, -0.05) is 19.8 Å². The molecule has 0 bridgehead atoms. The molecule has 0 aliphatic heterocycles. The first kappa shape index (κ1) is 13.0. The highest BCUT2D eigenvalue weighted by Gasteiger charge is 2.41. The van der Waals surface area contributed by atoms with Crippen molar-refractivity contribution in [3.63, 3.8) is 0 Å². The minimum absolute atomic E-state index is 0.237. The molecule has 0 aromatic carbocycles. The molecule has 0 spiro atoms. The standard InChI is InChI=1S/C11H20N2O3/c1-3-8(9(14)15)13(2)10(16)11(12)6-4-5-7-11/h8H,3-7,12H2,1-2H3,(H,14,15). The first-order chi connectivity index (χ1) is 7.42. The zero-order valence-electron chi connectivity index (χ0n) is 9.90. The van der Waals surface area contributed by atoms with Gasteiger partial charge in [-0.05, 0) is 19.3 Å². The largest absolute Gasteiger partial charge is 0.480 e. The number of likely N-dealkylation sites (N-methyl/N-ethyl adjacent to an activating group) is 1. The maximum atomic E-state index is 12.1. The Balaban J connectivity index is 2.76. The van der Waals surface area contributed by atoms with Crippen LogP contribution in [0.4, 0.5) is 0 Å². The zero-order valence-corrected chi connectivity index (χ0v) is 9.90. The van der Waals surface area contributed by atoms with Gasteiger partial charge >= 0.3 is 5.97 Å². The van der Waals surface area contributed by atoms with Crippen molar-refractivity contribution < 1.29 is 14.7 Å². The predicted molar refractivity (Wildman–Crippen MR) is 59.9 cm³/mol. The van der Waals surface area contributed by atoms with E-state index in [1.165, 1.54) is 11.9 Å². The summed E-state index contributed by atoms with van der Waals surface area (Å²) in [5.74, 6) is -1.21. The van der Waals surface area contributed by atoms with Gasteiger partial charge in [0.15, 0.2) is 0 Å². The van der Waals surface area contributed by atoms with Crippen LogP contribution in [0.15, 0.2) is 0 Å². The monoisotopic (exact) mass is 228 g/mol. The van der Waals surface area contributed by atoms with Crippen LogP contribution < -0.4 is 5.73 Å². The van der Waals surface area contributed by atoms with Crippen LogP contribution in [0.5, 0.6) is 0 Å². The second kappa shape index (κ2) is 4.82. The molecule has 1 aliphatic carbocycles. The Morgan fingerprint density at radius 2 is 1.94 bits per heavy atom. The average Bonchev–Trinajstić information content (AvgIpc) is 2.65. The van der Waals surface area contributed by atoms with Crippen LogP contribution in [0.1, 0.15) is 39.0 Å². The lowest BCUT2D eigenvalue weighted by molar-refractivity contribution is -0.151. The molecular formula is C11H20N2O3. The van der Waals surface area contributed by atoms with E-state index in [9.17, 15) is 9.59 Å². The van der Waals surface area contributed by atoms with E-state index in [1.807, 2.05) is 0 Å². The molecule has 5 heteroatoms. The van der Waals surface area contributed by atoms with E-state index in [0.717, 1.165) is 12.8 Å². The molecule has 1 rings (SSSR count). The number of rotatable bonds is 4. The number of hydrogen-bond acceptors (Lipinski definition) is 3. The van der Waals surface area contributed by atoms with Crippen molar-refractivity contribution in [1.29, 1.82) is 0 Å². The summed E-state index contributed by atoms with van der Waals surface area (Å²) in [5.41, 5.74) is 5.18. The molecule has 92 valence electrons. The number of nitrogens with zero attached hydrogens (tertiary/aromatic N) is 1. The molecule has 0 aromatic rings. The second-order valence-electron chi connectivity index (χ2n) is 4.54. The topological polar surface area (TPSA) is 83.6 Å². The third-order valence-electron chi connectivity index (χ3n) is 3.38. The molecular weight excluding hydrogens is 208 g/mol. The molecule has 0 saturated heterocycles. The lowest BCUT2D eigenvalue weighted by Crippen LogP contribution is -2.56. The van der Waals surface area contributed by atoms with Crippen molar-refractivity contribution in [3.8, 4) is 0 Å². The van der Waals surface area contributed by atoms with Crippen molar-refractivity contribution in [2.24, 2.45) is 5.73 Å². The molecule has 0 radical (unpaired) electrons. The molecule has 0 aromatic heterocycles. The van der Waals surface area contributed by atoms with Crippen LogP contribution in [0.3, 0.4) is 0 Å². The lowest BCUT2D eigenvalue weighted by Gasteiger charge is -2.32. The zero-order chi connectivity index (χ0) is 12.3. The first-order valence-corrected chi connectivity index (χ1v) is 5.71. The van der Waals surface area contributed by atoms with Crippen molar-refractivity contribution in [3.05, 3.63) is 0 Å². The highest BCUT2D eigenvalue weighted by molar-refractivity contribution is 5.90. The van der Waals surface area contributed by atoms with Gasteiger partial charge in [0, 0.05) is 7.05 Å². The van der Waals surface area contributed by atoms with E-state index in [0.29, 0.717) is 19.3 Å². The summed E-state index contributed by atoms with van der Waals surface area (Å²) in [6.07, 6.45) is 3.60. The number of carbonyl (C=O) groups is 2. The van der Waals surface area contributed by atoms with Crippen LogP contribution in [0.25, 0.3) is 0 Å². The van der Waals surface area contributed by atoms with Gasteiger partial charge in [0.05, 0.1) is 5.54 Å². The molecule has 1 amide bonds. The quantitative estimate of drug-likeness (QED) is 0.737. The van der Waals surface area contributed by atoms with E-state index < -0.39 is 17.6 Å². The van der Waals surface area contributed by atoms with Crippen molar-refractivity contribution in [2.45, 2.75) is 50.6 Å². The lowest BCUT2D eigenvalue weighted by atomic mass is 9.96. The van der Waals surface area contributed by atoms with Crippen molar-refractivity contribution >= 4 is 11.9 Å². The Morgan fingerprint density at radius 1 is 1.44 bits per heavy atom. The van der Waals surface area contributed by atoms with Gasteiger partial charge < -0.3 is 15.7 Å². The number of carboxylic acids is 1. The van der Waals surface area contributed by atoms with Crippen LogP contribution in [-0.4, -0.2) is 40.5 Å². The van der Waals surface area contributed by atoms with Gasteiger partial charge in [0.25, 0.3) is 0 Å². The number of carboxylic acid groups (broad SMARTS) is 1. The molecule has 1 saturated carbocycles. The Kier molecular flexibility index (Phi) is 3.91. The van der Waals surface area contributed by atoms with Crippen LogP contribution in [0, 0.1) is 0 Å².